The number of hydrogen-bond donors (Lipinski definition) is 0. The van der Waals surface area contributed by atoms with Crippen molar-refractivity contribution >= 4 is 53.3 Å². The Bertz CT molecular complexity index is 479. The molecule has 0 amide bonds. The van der Waals surface area contributed by atoms with Crippen molar-refractivity contribution in [3.63, 3.8) is 0 Å². The standard InChI is InChI=1S/C9H4Br2F2S/c10-5-3-6(11)8-4(1-2-14-8)7(5)9(12)13/h1-3,9H. The summed E-state index contributed by atoms with van der Waals surface area (Å²) < 4.78 is 27.6. The summed E-state index contributed by atoms with van der Waals surface area (Å²) in [6.45, 7) is 0. The first-order valence-corrected chi connectivity index (χ1v) is 6.21. The molecule has 0 nitrogen and oxygen atoms in total. The van der Waals surface area contributed by atoms with Gasteiger partial charge in [0.1, 0.15) is 0 Å². The van der Waals surface area contributed by atoms with Crippen LogP contribution < -0.4 is 0 Å². The van der Waals surface area contributed by atoms with E-state index in [0.29, 0.717) is 9.86 Å². The molecule has 0 atom stereocenters. The van der Waals surface area contributed by atoms with Crippen LogP contribution >= 0.6 is 43.2 Å². The maximum atomic E-state index is 12.7. The Morgan fingerprint density at radius 3 is 2.57 bits per heavy atom. The normalized spacial score (nSPS) is 11.5. The van der Waals surface area contributed by atoms with Crippen molar-refractivity contribution in [1.82, 2.24) is 0 Å². The smallest absolute Gasteiger partial charge is 0.205 e. The van der Waals surface area contributed by atoms with E-state index in [-0.39, 0.29) is 5.56 Å². The number of fused-ring (bicyclic) bond motifs is 1. The molecule has 14 heavy (non-hydrogen) atoms. The zero-order valence-corrected chi connectivity index (χ0v) is 10.7. The van der Waals surface area contributed by atoms with Gasteiger partial charge in [-0.15, -0.1) is 11.3 Å². The van der Waals surface area contributed by atoms with E-state index in [2.05, 4.69) is 31.9 Å². The van der Waals surface area contributed by atoms with Crippen LogP contribution in [0.2, 0.25) is 0 Å². The molecule has 0 aliphatic heterocycles. The maximum absolute atomic E-state index is 12.7. The fraction of sp³-hybridized carbons (Fsp3) is 0.111. The predicted octanol–water partition coefficient (Wildman–Crippen LogP) is 5.36. The highest BCUT2D eigenvalue weighted by atomic mass is 79.9. The van der Waals surface area contributed by atoms with E-state index in [9.17, 15) is 8.78 Å². The summed E-state index contributed by atoms with van der Waals surface area (Å²) in [4.78, 5) is 0. The van der Waals surface area contributed by atoms with Gasteiger partial charge in [0.15, 0.2) is 0 Å². The lowest BCUT2D eigenvalue weighted by Crippen LogP contribution is -1.87. The van der Waals surface area contributed by atoms with Crippen molar-refractivity contribution in [2.75, 3.05) is 0 Å². The second kappa shape index (κ2) is 3.87. The van der Waals surface area contributed by atoms with Gasteiger partial charge in [0, 0.05) is 24.6 Å². The molecule has 0 fully saturated rings. The molecule has 0 saturated carbocycles. The van der Waals surface area contributed by atoms with Crippen LogP contribution in [-0.4, -0.2) is 0 Å². The molecule has 1 heterocycles. The van der Waals surface area contributed by atoms with Crippen LogP contribution in [0.5, 0.6) is 0 Å². The summed E-state index contributed by atoms with van der Waals surface area (Å²) in [5, 5.41) is 2.43. The number of benzene rings is 1. The first-order chi connectivity index (χ1) is 6.61. The quantitative estimate of drug-likeness (QED) is 0.654. The van der Waals surface area contributed by atoms with Crippen LogP contribution in [0.3, 0.4) is 0 Å². The number of halogens is 4. The molecule has 0 bridgehead atoms. The van der Waals surface area contributed by atoms with Crippen LogP contribution in [0.1, 0.15) is 12.0 Å². The summed E-state index contributed by atoms with van der Waals surface area (Å²) in [6.07, 6.45) is -2.45. The molecule has 0 aliphatic carbocycles. The van der Waals surface area contributed by atoms with E-state index in [1.807, 2.05) is 5.38 Å². The second-order valence-electron chi connectivity index (χ2n) is 2.72. The Labute approximate surface area is 100 Å². The minimum Gasteiger partial charge on any atom is -0.205 e. The van der Waals surface area contributed by atoms with Crippen LogP contribution in [0, 0.1) is 0 Å². The molecule has 2 rings (SSSR count). The van der Waals surface area contributed by atoms with Gasteiger partial charge < -0.3 is 0 Å². The van der Waals surface area contributed by atoms with E-state index in [0.717, 1.165) is 9.17 Å². The van der Waals surface area contributed by atoms with Gasteiger partial charge >= 0.3 is 0 Å². The molecule has 0 aliphatic rings. The highest BCUT2D eigenvalue weighted by molar-refractivity contribution is 9.11. The Balaban J connectivity index is 2.86. The fourth-order valence-corrected chi connectivity index (χ4v) is 3.77. The van der Waals surface area contributed by atoms with Crippen LogP contribution in [-0.2, 0) is 0 Å². The molecular weight excluding hydrogens is 338 g/mol. The van der Waals surface area contributed by atoms with E-state index in [1.165, 1.54) is 11.3 Å². The molecule has 0 spiro atoms. The maximum Gasteiger partial charge on any atom is 0.265 e. The zero-order valence-electron chi connectivity index (χ0n) is 6.73. The van der Waals surface area contributed by atoms with Crippen molar-refractivity contribution in [2.24, 2.45) is 0 Å². The Morgan fingerprint density at radius 1 is 1.21 bits per heavy atom. The molecular formula is C9H4Br2F2S. The largest absolute Gasteiger partial charge is 0.265 e. The van der Waals surface area contributed by atoms with Gasteiger partial charge in [0.05, 0.1) is 0 Å². The van der Waals surface area contributed by atoms with Crippen molar-refractivity contribution in [1.29, 1.82) is 0 Å². The second-order valence-corrected chi connectivity index (χ2v) is 5.34. The van der Waals surface area contributed by atoms with Gasteiger partial charge in [0.25, 0.3) is 6.43 Å². The highest BCUT2D eigenvalue weighted by Gasteiger charge is 2.17. The van der Waals surface area contributed by atoms with Crippen molar-refractivity contribution in [3.05, 3.63) is 32.0 Å². The van der Waals surface area contributed by atoms with Gasteiger partial charge in [-0.05, 0) is 33.4 Å². The molecule has 5 heteroatoms. The molecule has 2 aromatic rings. The SMILES string of the molecule is FC(F)c1c(Br)cc(Br)c2sccc12. The number of hydrogen-bond acceptors (Lipinski definition) is 1. The first kappa shape index (κ1) is 10.5. The average Bonchev–Trinajstić information content (AvgIpc) is 2.51. The van der Waals surface area contributed by atoms with Crippen LogP contribution in [0.15, 0.2) is 26.5 Å². The molecule has 0 N–H and O–H groups in total. The molecule has 0 radical (unpaired) electrons. The number of alkyl halides is 2. The van der Waals surface area contributed by atoms with Crippen LogP contribution in [0.25, 0.3) is 10.1 Å². The minimum absolute atomic E-state index is 0.0736. The zero-order chi connectivity index (χ0) is 10.3. The third-order valence-electron chi connectivity index (χ3n) is 1.90. The van der Waals surface area contributed by atoms with E-state index in [4.69, 9.17) is 0 Å². The van der Waals surface area contributed by atoms with Gasteiger partial charge in [-0.25, -0.2) is 8.78 Å². The average molecular weight is 342 g/mol. The molecule has 0 unspecified atom stereocenters. The van der Waals surface area contributed by atoms with Crippen molar-refractivity contribution in [2.45, 2.75) is 6.43 Å². The molecule has 1 aromatic carbocycles. The topological polar surface area (TPSA) is 0 Å². The van der Waals surface area contributed by atoms with E-state index >= 15 is 0 Å². The van der Waals surface area contributed by atoms with E-state index in [1.54, 1.807) is 12.1 Å². The van der Waals surface area contributed by atoms with Crippen molar-refractivity contribution in [3.8, 4) is 0 Å². The predicted molar refractivity (Wildman–Crippen MR) is 62.2 cm³/mol. The van der Waals surface area contributed by atoms with Gasteiger partial charge in [0.2, 0.25) is 0 Å². The summed E-state index contributed by atoms with van der Waals surface area (Å²) in [5.41, 5.74) is 0.0736. The Kier molecular flexibility index (Phi) is 2.91. The number of rotatable bonds is 1. The minimum atomic E-state index is -2.45. The third kappa shape index (κ3) is 1.61. The van der Waals surface area contributed by atoms with E-state index < -0.39 is 6.43 Å². The molecule has 0 saturated heterocycles. The first-order valence-electron chi connectivity index (χ1n) is 3.74. The number of thiophene rings is 1. The van der Waals surface area contributed by atoms with Gasteiger partial charge in [-0.3, -0.25) is 0 Å². The monoisotopic (exact) mass is 340 g/mol. The lowest BCUT2D eigenvalue weighted by Gasteiger charge is -2.06. The lowest BCUT2D eigenvalue weighted by molar-refractivity contribution is 0.152. The third-order valence-corrected chi connectivity index (χ3v) is 4.39. The van der Waals surface area contributed by atoms with Gasteiger partial charge in [-0.1, -0.05) is 15.9 Å². The summed E-state index contributed by atoms with van der Waals surface area (Å²) in [5.74, 6) is 0. The Hall–Kier alpha value is -0.000000000000000111. The summed E-state index contributed by atoms with van der Waals surface area (Å²) in [7, 11) is 0. The van der Waals surface area contributed by atoms with Gasteiger partial charge in [-0.2, -0.15) is 0 Å². The molecule has 74 valence electrons. The summed E-state index contributed by atoms with van der Waals surface area (Å²) in [6, 6.07) is 3.39. The summed E-state index contributed by atoms with van der Waals surface area (Å²) >= 11 is 7.95. The Morgan fingerprint density at radius 2 is 1.93 bits per heavy atom. The van der Waals surface area contributed by atoms with Crippen LogP contribution in [0.4, 0.5) is 8.78 Å². The molecule has 1 aromatic heterocycles. The highest BCUT2D eigenvalue weighted by Crippen LogP contribution is 2.40. The van der Waals surface area contributed by atoms with Crippen molar-refractivity contribution < 1.29 is 8.78 Å². The fourth-order valence-electron chi connectivity index (χ4n) is 1.31. The lowest BCUT2D eigenvalue weighted by atomic mass is 10.1.